The first kappa shape index (κ1) is 14.9. The Bertz CT molecular complexity index is 636. The highest BCUT2D eigenvalue weighted by atomic mass is 16.5. The van der Waals surface area contributed by atoms with E-state index in [0.717, 1.165) is 5.56 Å². The summed E-state index contributed by atoms with van der Waals surface area (Å²) in [4.78, 5) is 14.0. The van der Waals surface area contributed by atoms with Crippen LogP contribution in [0.2, 0.25) is 0 Å². The molecule has 6 nitrogen and oxygen atoms in total. The van der Waals surface area contributed by atoms with Gasteiger partial charge in [0, 0.05) is 38.0 Å². The molecule has 0 saturated heterocycles. The molecule has 0 saturated carbocycles. The van der Waals surface area contributed by atoms with Crippen LogP contribution < -0.4 is 10.5 Å². The van der Waals surface area contributed by atoms with Crippen LogP contribution in [0, 0.1) is 0 Å². The third kappa shape index (κ3) is 3.53. The summed E-state index contributed by atoms with van der Waals surface area (Å²) in [5.74, 6) is 0.512. The minimum absolute atomic E-state index is 0.0893. The Morgan fingerprint density at radius 2 is 2.24 bits per heavy atom. The zero-order valence-corrected chi connectivity index (χ0v) is 12.5. The molecule has 0 unspecified atom stereocenters. The molecule has 1 aromatic heterocycles. The third-order valence-corrected chi connectivity index (χ3v) is 3.08. The molecule has 21 heavy (non-hydrogen) atoms. The fourth-order valence-electron chi connectivity index (χ4n) is 2.09. The van der Waals surface area contributed by atoms with Crippen molar-refractivity contribution in [1.29, 1.82) is 0 Å². The van der Waals surface area contributed by atoms with Gasteiger partial charge in [0.25, 0.3) is 5.91 Å². The average Bonchev–Trinajstić information content (AvgIpc) is 2.85. The van der Waals surface area contributed by atoms with Crippen LogP contribution in [0.4, 0.5) is 5.69 Å². The maximum absolute atomic E-state index is 12.4. The number of rotatable bonds is 5. The minimum Gasteiger partial charge on any atom is -0.492 e. The molecular formula is C15H20N4O2. The highest BCUT2D eigenvalue weighted by molar-refractivity contribution is 5.95. The van der Waals surface area contributed by atoms with Crippen molar-refractivity contribution in [3.63, 3.8) is 0 Å². The van der Waals surface area contributed by atoms with Gasteiger partial charge >= 0.3 is 0 Å². The smallest absolute Gasteiger partial charge is 0.253 e. The number of nitrogen functional groups attached to an aromatic ring is 1. The number of anilines is 1. The Morgan fingerprint density at radius 3 is 2.81 bits per heavy atom. The zero-order chi connectivity index (χ0) is 15.4. The molecule has 2 aromatic rings. The lowest BCUT2D eigenvalue weighted by molar-refractivity contribution is 0.0785. The van der Waals surface area contributed by atoms with E-state index in [0.29, 0.717) is 30.2 Å². The molecule has 0 aliphatic carbocycles. The van der Waals surface area contributed by atoms with Gasteiger partial charge in [-0.1, -0.05) is 0 Å². The Hall–Kier alpha value is -2.50. The van der Waals surface area contributed by atoms with Crippen molar-refractivity contribution in [1.82, 2.24) is 14.7 Å². The summed E-state index contributed by atoms with van der Waals surface area (Å²) in [6, 6.07) is 5.10. The zero-order valence-electron chi connectivity index (χ0n) is 12.5. The number of ether oxygens (including phenoxy) is 1. The Kier molecular flexibility index (Phi) is 4.47. The monoisotopic (exact) mass is 288 g/mol. The standard InChI is InChI=1S/C15H20N4O2/c1-4-21-14-6-5-12(7-13(14)16)15(20)18(2)9-11-8-17-19(3)10-11/h5-8,10H,4,9,16H2,1-3H3. The summed E-state index contributed by atoms with van der Waals surface area (Å²) < 4.78 is 7.08. The lowest BCUT2D eigenvalue weighted by Gasteiger charge is -2.17. The summed E-state index contributed by atoms with van der Waals surface area (Å²) in [7, 11) is 3.60. The largest absolute Gasteiger partial charge is 0.492 e. The topological polar surface area (TPSA) is 73.4 Å². The highest BCUT2D eigenvalue weighted by Crippen LogP contribution is 2.23. The number of nitrogens with two attached hydrogens (primary N) is 1. The van der Waals surface area contributed by atoms with E-state index in [1.165, 1.54) is 0 Å². The molecule has 1 heterocycles. The van der Waals surface area contributed by atoms with Crippen LogP contribution in [0.25, 0.3) is 0 Å². The van der Waals surface area contributed by atoms with E-state index in [1.807, 2.05) is 20.2 Å². The van der Waals surface area contributed by atoms with Gasteiger partial charge in [-0.15, -0.1) is 0 Å². The van der Waals surface area contributed by atoms with E-state index in [1.54, 1.807) is 41.0 Å². The quantitative estimate of drug-likeness (QED) is 0.849. The van der Waals surface area contributed by atoms with Crippen molar-refractivity contribution >= 4 is 11.6 Å². The molecule has 2 rings (SSSR count). The van der Waals surface area contributed by atoms with E-state index in [4.69, 9.17) is 10.5 Å². The van der Waals surface area contributed by atoms with Crippen LogP contribution in [0.3, 0.4) is 0 Å². The molecule has 2 N–H and O–H groups in total. The lowest BCUT2D eigenvalue weighted by Crippen LogP contribution is -2.26. The van der Waals surface area contributed by atoms with Gasteiger partial charge in [0.15, 0.2) is 0 Å². The van der Waals surface area contributed by atoms with Crippen LogP contribution in [0.5, 0.6) is 5.75 Å². The highest BCUT2D eigenvalue weighted by Gasteiger charge is 2.14. The summed E-state index contributed by atoms with van der Waals surface area (Å²) in [6.45, 7) is 2.93. The number of hydrogen-bond donors (Lipinski definition) is 1. The van der Waals surface area contributed by atoms with Gasteiger partial charge in [0.1, 0.15) is 5.75 Å². The first-order valence-corrected chi connectivity index (χ1v) is 6.76. The van der Waals surface area contributed by atoms with Crippen molar-refractivity contribution < 1.29 is 9.53 Å². The molecular weight excluding hydrogens is 268 g/mol. The molecule has 0 aliphatic rings. The van der Waals surface area contributed by atoms with E-state index in [2.05, 4.69) is 5.10 Å². The van der Waals surface area contributed by atoms with Crippen LogP contribution in [0.15, 0.2) is 30.6 Å². The third-order valence-electron chi connectivity index (χ3n) is 3.08. The van der Waals surface area contributed by atoms with E-state index < -0.39 is 0 Å². The predicted octanol–water partition coefficient (Wildman–Crippen LogP) is 1.67. The van der Waals surface area contributed by atoms with Gasteiger partial charge in [0.2, 0.25) is 0 Å². The molecule has 1 aromatic carbocycles. The molecule has 0 radical (unpaired) electrons. The molecule has 112 valence electrons. The number of benzene rings is 1. The van der Waals surface area contributed by atoms with Gasteiger partial charge in [0.05, 0.1) is 18.5 Å². The second-order valence-electron chi connectivity index (χ2n) is 4.87. The number of nitrogens with zero attached hydrogens (tertiary/aromatic N) is 3. The van der Waals surface area contributed by atoms with E-state index >= 15 is 0 Å². The summed E-state index contributed by atoms with van der Waals surface area (Å²) in [5.41, 5.74) is 7.88. The molecule has 0 atom stereocenters. The first-order valence-electron chi connectivity index (χ1n) is 6.76. The number of amides is 1. The van der Waals surface area contributed by atoms with Crippen LogP contribution in [-0.4, -0.2) is 34.2 Å². The first-order chi connectivity index (χ1) is 10.0. The second kappa shape index (κ2) is 6.30. The fourth-order valence-corrected chi connectivity index (χ4v) is 2.09. The Morgan fingerprint density at radius 1 is 1.48 bits per heavy atom. The van der Waals surface area contributed by atoms with Crippen molar-refractivity contribution in [2.24, 2.45) is 7.05 Å². The maximum Gasteiger partial charge on any atom is 0.253 e. The van der Waals surface area contributed by atoms with Crippen LogP contribution in [0.1, 0.15) is 22.8 Å². The summed E-state index contributed by atoms with van der Waals surface area (Å²) >= 11 is 0. The number of carbonyl (C=O) groups is 1. The number of carbonyl (C=O) groups excluding carboxylic acids is 1. The van der Waals surface area contributed by atoms with Crippen LogP contribution >= 0.6 is 0 Å². The molecule has 6 heteroatoms. The molecule has 0 spiro atoms. The molecule has 1 amide bonds. The molecule has 0 aliphatic heterocycles. The maximum atomic E-state index is 12.4. The number of aryl methyl sites for hydroxylation is 1. The lowest BCUT2D eigenvalue weighted by atomic mass is 10.1. The Balaban J connectivity index is 2.10. The van der Waals surface area contributed by atoms with Crippen molar-refractivity contribution in [3.05, 3.63) is 41.7 Å². The van der Waals surface area contributed by atoms with Gasteiger partial charge in [-0.3, -0.25) is 9.48 Å². The predicted molar refractivity (Wildman–Crippen MR) is 81.0 cm³/mol. The van der Waals surface area contributed by atoms with Gasteiger partial charge in [-0.25, -0.2) is 0 Å². The second-order valence-corrected chi connectivity index (χ2v) is 4.87. The molecule has 0 fully saturated rings. The van der Waals surface area contributed by atoms with Gasteiger partial charge in [-0.05, 0) is 25.1 Å². The number of hydrogen-bond acceptors (Lipinski definition) is 4. The summed E-state index contributed by atoms with van der Waals surface area (Å²) in [5, 5.41) is 4.09. The van der Waals surface area contributed by atoms with E-state index in [-0.39, 0.29) is 5.91 Å². The van der Waals surface area contributed by atoms with Gasteiger partial charge < -0.3 is 15.4 Å². The van der Waals surface area contributed by atoms with Crippen molar-refractivity contribution in [2.75, 3.05) is 19.4 Å². The summed E-state index contributed by atoms with van der Waals surface area (Å²) in [6.07, 6.45) is 3.63. The molecule has 0 bridgehead atoms. The van der Waals surface area contributed by atoms with Crippen molar-refractivity contribution in [2.45, 2.75) is 13.5 Å². The van der Waals surface area contributed by atoms with E-state index in [9.17, 15) is 4.79 Å². The fraction of sp³-hybridized carbons (Fsp3) is 0.333. The minimum atomic E-state index is -0.0893. The normalized spacial score (nSPS) is 10.4. The average molecular weight is 288 g/mol. The Labute approximate surface area is 124 Å². The van der Waals surface area contributed by atoms with Crippen molar-refractivity contribution in [3.8, 4) is 5.75 Å². The van der Waals surface area contributed by atoms with Gasteiger partial charge in [-0.2, -0.15) is 5.10 Å². The SMILES string of the molecule is CCOc1ccc(C(=O)N(C)Cc2cnn(C)c2)cc1N. The van der Waals surface area contributed by atoms with Crippen LogP contribution in [-0.2, 0) is 13.6 Å². The number of aromatic nitrogens is 2.